The Morgan fingerprint density at radius 2 is 1.04 bits per heavy atom. The van der Waals surface area contributed by atoms with Gasteiger partial charge in [0.2, 0.25) is 0 Å². The van der Waals surface area contributed by atoms with E-state index in [1.807, 2.05) is 0 Å². The second-order valence-electron chi connectivity index (χ2n) is 14.1. The van der Waals surface area contributed by atoms with E-state index < -0.39 is 63.1 Å². The molecule has 0 radical (unpaired) electrons. The Morgan fingerprint density at radius 1 is 0.593 bits per heavy atom. The SMILES string of the molecule is CCC/C=C\C/C=C\CCCCCCCCOCC(COP(=O)(O)OC1C(O)C(O)C(O)C(O)C1O)OC(=O)CCCCCCC/C=C\C/C=C\CCC. The van der Waals surface area contributed by atoms with Gasteiger partial charge in [-0.2, -0.15) is 0 Å². The molecule has 12 nitrogen and oxygen atoms in total. The highest BCUT2D eigenvalue weighted by Gasteiger charge is 2.51. The van der Waals surface area contributed by atoms with E-state index in [1.54, 1.807) is 0 Å². The number of aliphatic hydroxyl groups is 5. The molecule has 1 aliphatic rings. The van der Waals surface area contributed by atoms with Crippen LogP contribution in [-0.4, -0.2) is 98.9 Å². The van der Waals surface area contributed by atoms with Gasteiger partial charge in [0.05, 0.1) is 13.2 Å². The molecule has 0 saturated heterocycles. The highest BCUT2D eigenvalue weighted by atomic mass is 31.2. The number of phosphoric ester groups is 1. The van der Waals surface area contributed by atoms with E-state index in [1.165, 1.54) is 6.42 Å². The Hall–Kier alpha value is -1.70. The van der Waals surface area contributed by atoms with E-state index >= 15 is 0 Å². The number of aliphatic hydroxyl groups excluding tert-OH is 5. The molecule has 1 aliphatic carbocycles. The molecule has 54 heavy (non-hydrogen) atoms. The molecule has 0 heterocycles. The third kappa shape index (κ3) is 24.7. The molecule has 1 fully saturated rings. The molecule has 6 unspecified atom stereocenters. The fraction of sp³-hybridized carbons (Fsp3) is 0.780. The molecular formula is C41H73O12P. The summed E-state index contributed by atoms with van der Waals surface area (Å²) in [5.74, 6) is -0.499. The van der Waals surface area contributed by atoms with Crippen LogP contribution in [0, 0.1) is 0 Å². The Morgan fingerprint density at radius 3 is 1.56 bits per heavy atom. The quantitative estimate of drug-likeness (QED) is 0.0169. The molecule has 0 aromatic rings. The number of carbonyl (C=O) groups is 1. The van der Waals surface area contributed by atoms with Gasteiger partial charge in [0.1, 0.15) is 42.7 Å². The molecule has 13 heteroatoms. The van der Waals surface area contributed by atoms with Gasteiger partial charge in [-0.15, -0.1) is 0 Å². The molecule has 0 aromatic carbocycles. The lowest BCUT2D eigenvalue weighted by Crippen LogP contribution is -2.64. The molecule has 1 rings (SSSR count). The first kappa shape index (κ1) is 50.3. The van der Waals surface area contributed by atoms with Crippen LogP contribution in [-0.2, 0) is 27.9 Å². The lowest BCUT2D eigenvalue weighted by atomic mass is 9.85. The van der Waals surface area contributed by atoms with Crippen molar-refractivity contribution in [1.82, 2.24) is 0 Å². The highest BCUT2D eigenvalue weighted by Crippen LogP contribution is 2.47. The highest BCUT2D eigenvalue weighted by molar-refractivity contribution is 7.47. The molecule has 0 aliphatic heterocycles. The van der Waals surface area contributed by atoms with Crippen LogP contribution in [0.1, 0.15) is 142 Å². The average Bonchev–Trinajstić information content (AvgIpc) is 3.15. The lowest BCUT2D eigenvalue weighted by molar-refractivity contribution is -0.220. The number of carbonyl (C=O) groups excluding carboxylic acids is 1. The minimum absolute atomic E-state index is 0.0913. The number of hydrogen-bond donors (Lipinski definition) is 6. The van der Waals surface area contributed by atoms with Crippen molar-refractivity contribution in [3.63, 3.8) is 0 Å². The second-order valence-corrected chi connectivity index (χ2v) is 15.5. The van der Waals surface area contributed by atoms with Crippen LogP contribution in [0.25, 0.3) is 0 Å². The van der Waals surface area contributed by atoms with Crippen LogP contribution in [0.5, 0.6) is 0 Å². The van der Waals surface area contributed by atoms with Gasteiger partial charge in [-0.05, 0) is 64.2 Å². The summed E-state index contributed by atoms with van der Waals surface area (Å²) in [7, 11) is -5.02. The fourth-order valence-electron chi connectivity index (χ4n) is 5.84. The van der Waals surface area contributed by atoms with Crippen LogP contribution >= 0.6 is 7.82 Å². The third-order valence-electron chi connectivity index (χ3n) is 9.14. The van der Waals surface area contributed by atoms with E-state index in [9.17, 15) is 39.8 Å². The minimum atomic E-state index is -5.02. The summed E-state index contributed by atoms with van der Waals surface area (Å²) in [6, 6.07) is 0. The Labute approximate surface area is 325 Å². The average molecular weight is 789 g/mol. The molecule has 0 bridgehead atoms. The summed E-state index contributed by atoms with van der Waals surface area (Å²) < 4.78 is 34.0. The van der Waals surface area contributed by atoms with Crippen molar-refractivity contribution in [2.24, 2.45) is 0 Å². The van der Waals surface area contributed by atoms with Crippen LogP contribution in [0.3, 0.4) is 0 Å². The van der Waals surface area contributed by atoms with Crippen molar-refractivity contribution in [3.8, 4) is 0 Å². The van der Waals surface area contributed by atoms with Gasteiger partial charge >= 0.3 is 13.8 Å². The number of esters is 1. The van der Waals surface area contributed by atoms with E-state index in [-0.39, 0.29) is 13.0 Å². The zero-order valence-electron chi connectivity index (χ0n) is 33.0. The molecule has 0 aromatic heterocycles. The Balaban J connectivity index is 2.47. The number of hydrogen-bond acceptors (Lipinski definition) is 11. The van der Waals surface area contributed by atoms with Crippen molar-refractivity contribution in [3.05, 3.63) is 48.6 Å². The summed E-state index contributed by atoms with van der Waals surface area (Å²) in [5.41, 5.74) is 0. The summed E-state index contributed by atoms with van der Waals surface area (Å²) >= 11 is 0. The third-order valence-corrected chi connectivity index (χ3v) is 10.1. The molecule has 1 saturated carbocycles. The van der Waals surface area contributed by atoms with Crippen molar-refractivity contribution in [1.29, 1.82) is 0 Å². The molecule has 6 atom stereocenters. The van der Waals surface area contributed by atoms with Gasteiger partial charge in [-0.3, -0.25) is 13.8 Å². The minimum Gasteiger partial charge on any atom is -0.457 e. The van der Waals surface area contributed by atoms with Gasteiger partial charge in [0.25, 0.3) is 0 Å². The van der Waals surface area contributed by atoms with Crippen LogP contribution in [0.2, 0.25) is 0 Å². The van der Waals surface area contributed by atoms with Crippen molar-refractivity contribution in [2.75, 3.05) is 19.8 Å². The van der Waals surface area contributed by atoms with Gasteiger partial charge in [-0.25, -0.2) is 4.57 Å². The summed E-state index contributed by atoms with van der Waals surface area (Å²) in [6.45, 7) is 4.06. The van der Waals surface area contributed by atoms with Gasteiger partial charge < -0.3 is 39.9 Å². The smallest absolute Gasteiger partial charge is 0.457 e. The first-order valence-corrected chi connectivity index (χ1v) is 22.0. The standard InChI is InChI=1S/C41H73O12P/c1-3-5-7-9-11-13-15-17-19-21-23-25-27-29-31-50-32-34(33-51-54(48,49)53-41-39(46)37(44)36(43)38(45)40(41)47)52-35(42)30-28-26-24-22-20-18-16-14-12-10-8-6-4-2/h7-10,13-16,34,36-41,43-47H,3-6,11-12,17-33H2,1-2H3,(H,48,49)/b9-7-,10-8-,15-13-,16-14-. The predicted octanol–water partition coefficient (Wildman–Crippen LogP) is 7.30. The van der Waals surface area contributed by atoms with E-state index in [0.29, 0.717) is 13.0 Å². The lowest BCUT2D eigenvalue weighted by Gasteiger charge is -2.41. The summed E-state index contributed by atoms with van der Waals surface area (Å²) in [4.78, 5) is 23.0. The second kappa shape index (κ2) is 32.4. The fourth-order valence-corrected chi connectivity index (χ4v) is 6.81. The zero-order valence-corrected chi connectivity index (χ0v) is 33.9. The predicted molar refractivity (Wildman–Crippen MR) is 212 cm³/mol. The number of ether oxygens (including phenoxy) is 2. The monoisotopic (exact) mass is 788 g/mol. The topological polar surface area (TPSA) is 192 Å². The van der Waals surface area contributed by atoms with Crippen LogP contribution < -0.4 is 0 Å². The molecule has 0 spiro atoms. The zero-order chi connectivity index (χ0) is 39.9. The number of unbranched alkanes of at least 4 members (excludes halogenated alkanes) is 13. The van der Waals surface area contributed by atoms with E-state index in [0.717, 1.165) is 109 Å². The number of phosphoric acid groups is 1. The van der Waals surface area contributed by atoms with Crippen molar-refractivity contribution < 1.29 is 58.3 Å². The number of rotatable bonds is 33. The first-order chi connectivity index (χ1) is 26.0. The maximum atomic E-state index is 12.8. The van der Waals surface area contributed by atoms with E-state index in [2.05, 4.69) is 62.5 Å². The van der Waals surface area contributed by atoms with Gasteiger partial charge in [-0.1, -0.05) is 120 Å². The van der Waals surface area contributed by atoms with Crippen LogP contribution in [0.4, 0.5) is 0 Å². The molecular weight excluding hydrogens is 715 g/mol. The van der Waals surface area contributed by atoms with Gasteiger partial charge in [0.15, 0.2) is 0 Å². The largest absolute Gasteiger partial charge is 0.472 e. The normalized spacial score (nSPS) is 23.9. The molecule has 314 valence electrons. The Bertz CT molecular complexity index is 1080. The van der Waals surface area contributed by atoms with Crippen LogP contribution in [0.15, 0.2) is 48.6 Å². The maximum Gasteiger partial charge on any atom is 0.472 e. The maximum absolute atomic E-state index is 12.8. The van der Waals surface area contributed by atoms with Gasteiger partial charge in [0, 0.05) is 13.0 Å². The van der Waals surface area contributed by atoms with Crippen molar-refractivity contribution in [2.45, 2.75) is 185 Å². The number of allylic oxidation sites excluding steroid dienone is 8. The van der Waals surface area contributed by atoms with E-state index in [4.69, 9.17) is 18.5 Å². The summed E-state index contributed by atoms with van der Waals surface area (Å²) in [6.07, 6.45) is 24.7. The first-order valence-electron chi connectivity index (χ1n) is 20.5. The molecule has 6 N–H and O–H groups in total. The van der Waals surface area contributed by atoms with Crippen molar-refractivity contribution >= 4 is 13.8 Å². The molecule has 0 amide bonds. The Kier molecular flexibility index (Phi) is 30.2. The summed E-state index contributed by atoms with van der Waals surface area (Å²) in [5, 5.41) is 50.0.